The molecule has 2 nitrogen and oxygen atoms in total. The standard InChI is InChI=1S/C14H17FN2/c1-9-7-10(8-15)13-11-5-3-4-6-12(11)17(2)14(13)16-9/h7H,3-6,8H2,1-2H3. The first-order valence-electron chi connectivity index (χ1n) is 6.25. The Morgan fingerprint density at radius 2 is 2.12 bits per heavy atom. The van der Waals surface area contributed by atoms with Crippen LogP contribution in [0, 0.1) is 6.92 Å². The molecule has 0 radical (unpaired) electrons. The summed E-state index contributed by atoms with van der Waals surface area (Å²) < 4.78 is 15.3. The van der Waals surface area contributed by atoms with Gasteiger partial charge in [0.25, 0.3) is 0 Å². The first-order chi connectivity index (χ1) is 8.22. The molecule has 90 valence electrons. The highest BCUT2D eigenvalue weighted by molar-refractivity contribution is 5.86. The molecule has 0 amide bonds. The van der Waals surface area contributed by atoms with Gasteiger partial charge in [0.1, 0.15) is 12.3 Å². The molecule has 0 aliphatic heterocycles. The van der Waals surface area contributed by atoms with Crippen molar-refractivity contribution in [1.82, 2.24) is 9.55 Å². The second-order valence-electron chi connectivity index (χ2n) is 4.95. The molecule has 2 heterocycles. The molecule has 2 aromatic heterocycles. The topological polar surface area (TPSA) is 17.8 Å². The highest BCUT2D eigenvalue weighted by atomic mass is 19.1. The zero-order chi connectivity index (χ0) is 12.0. The van der Waals surface area contributed by atoms with Crippen molar-refractivity contribution < 1.29 is 4.39 Å². The number of nitrogens with zero attached hydrogens (tertiary/aromatic N) is 2. The van der Waals surface area contributed by atoms with Crippen LogP contribution in [-0.2, 0) is 26.6 Å². The van der Waals surface area contributed by atoms with Gasteiger partial charge in [-0.1, -0.05) is 0 Å². The average molecular weight is 232 g/mol. The summed E-state index contributed by atoms with van der Waals surface area (Å²) >= 11 is 0. The molecule has 0 fully saturated rings. The molecular formula is C14H17FN2. The molecule has 3 heteroatoms. The Balaban J connectivity index is 2.41. The van der Waals surface area contributed by atoms with Gasteiger partial charge >= 0.3 is 0 Å². The highest BCUT2D eigenvalue weighted by Gasteiger charge is 2.21. The van der Waals surface area contributed by atoms with Crippen LogP contribution in [0.2, 0.25) is 0 Å². The summed E-state index contributed by atoms with van der Waals surface area (Å²) in [5, 5.41) is 1.08. The predicted molar refractivity (Wildman–Crippen MR) is 66.9 cm³/mol. The fourth-order valence-corrected chi connectivity index (χ4v) is 3.06. The fraction of sp³-hybridized carbons (Fsp3) is 0.500. The molecule has 0 unspecified atom stereocenters. The lowest BCUT2D eigenvalue weighted by Crippen LogP contribution is -2.05. The van der Waals surface area contributed by atoms with Crippen molar-refractivity contribution in [1.29, 1.82) is 0 Å². The van der Waals surface area contributed by atoms with Crippen LogP contribution in [0.15, 0.2) is 6.07 Å². The van der Waals surface area contributed by atoms with Crippen LogP contribution in [0.4, 0.5) is 4.39 Å². The van der Waals surface area contributed by atoms with E-state index in [0.29, 0.717) is 0 Å². The number of aromatic nitrogens is 2. The number of fused-ring (bicyclic) bond motifs is 3. The lowest BCUT2D eigenvalue weighted by Gasteiger charge is -2.13. The number of halogens is 1. The minimum atomic E-state index is -0.393. The maximum absolute atomic E-state index is 13.2. The quantitative estimate of drug-likeness (QED) is 0.738. The Morgan fingerprint density at radius 3 is 2.88 bits per heavy atom. The summed E-state index contributed by atoms with van der Waals surface area (Å²) in [6.07, 6.45) is 4.63. The minimum absolute atomic E-state index is 0.393. The van der Waals surface area contributed by atoms with Gasteiger partial charge < -0.3 is 4.57 Å². The van der Waals surface area contributed by atoms with Gasteiger partial charge in [0, 0.05) is 23.8 Å². The molecule has 0 spiro atoms. The highest BCUT2D eigenvalue weighted by Crippen LogP contribution is 2.33. The summed E-state index contributed by atoms with van der Waals surface area (Å²) in [6, 6.07) is 1.89. The van der Waals surface area contributed by atoms with E-state index >= 15 is 0 Å². The van der Waals surface area contributed by atoms with E-state index in [1.165, 1.54) is 24.1 Å². The van der Waals surface area contributed by atoms with Crippen molar-refractivity contribution in [3.63, 3.8) is 0 Å². The fourth-order valence-electron chi connectivity index (χ4n) is 3.06. The second-order valence-corrected chi connectivity index (χ2v) is 4.95. The summed E-state index contributed by atoms with van der Waals surface area (Å²) in [7, 11) is 2.06. The molecule has 17 heavy (non-hydrogen) atoms. The molecule has 0 atom stereocenters. The number of pyridine rings is 1. The lowest BCUT2D eigenvalue weighted by atomic mass is 9.94. The van der Waals surface area contributed by atoms with Crippen molar-refractivity contribution >= 4 is 11.0 Å². The number of hydrogen-bond donors (Lipinski definition) is 0. The van der Waals surface area contributed by atoms with Crippen molar-refractivity contribution in [2.75, 3.05) is 0 Å². The van der Waals surface area contributed by atoms with E-state index in [2.05, 4.69) is 16.6 Å². The van der Waals surface area contributed by atoms with Crippen molar-refractivity contribution in [3.8, 4) is 0 Å². The Kier molecular flexibility index (Phi) is 2.42. The molecule has 0 saturated heterocycles. The molecule has 0 aromatic carbocycles. The monoisotopic (exact) mass is 232 g/mol. The molecule has 0 bridgehead atoms. The zero-order valence-electron chi connectivity index (χ0n) is 10.4. The number of rotatable bonds is 1. The van der Waals surface area contributed by atoms with E-state index in [1.807, 2.05) is 13.0 Å². The maximum atomic E-state index is 13.2. The Morgan fingerprint density at radius 1 is 1.35 bits per heavy atom. The van der Waals surface area contributed by atoms with Crippen LogP contribution in [0.3, 0.4) is 0 Å². The summed E-state index contributed by atoms with van der Waals surface area (Å²) in [5.74, 6) is 0. The van der Waals surface area contributed by atoms with Crippen molar-refractivity contribution in [3.05, 3.63) is 28.6 Å². The Labute approximate surface area is 100 Å². The first-order valence-corrected chi connectivity index (χ1v) is 6.25. The minimum Gasteiger partial charge on any atom is -0.332 e. The van der Waals surface area contributed by atoms with Crippen molar-refractivity contribution in [2.45, 2.75) is 39.3 Å². The van der Waals surface area contributed by atoms with E-state index in [4.69, 9.17) is 0 Å². The SMILES string of the molecule is Cc1cc(CF)c2c3c(n(C)c2n1)CCCC3. The summed E-state index contributed by atoms with van der Waals surface area (Å²) in [5.41, 5.74) is 5.38. The van der Waals surface area contributed by atoms with Gasteiger partial charge in [0.15, 0.2) is 0 Å². The van der Waals surface area contributed by atoms with E-state index < -0.39 is 6.67 Å². The van der Waals surface area contributed by atoms with Crippen LogP contribution in [-0.4, -0.2) is 9.55 Å². The van der Waals surface area contributed by atoms with E-state index in [1.54, 1.807) is 0 Å². The second kappa shape index (κ2) is 3.83. The van der Waals surface area contributed by atoms with Crippen molar-refractivity contribution in [2.24, 2.45) is 7.05 Å². The summed E-state index contributed by atoms with van der Waals surface area (Å²) in [6.45, 7) is 1.54. The summed E-state index contributed by atoms with van der Waals surface area (Å²) in [4.78, 5) is 4.59. The van der Waals surface area contributed by atoms with E-state index in [9.17, 15) is 4.39 Å². The van der Waals surface area contributed by atoms with Gasteiger partial charge in [-0.05, 0) is 49.8 Å². The van der Waals surface area contributed by atoms with Gasteiger partial charge in [-0.25, -0.2) is 9.37 Å². The third-order valence-electron chi connectivity index (χ3n) is 3.82. The zero-order valence-corrected chi connectivity index (χ0v) is 10.4. The van der Waals surface area contributed by atoms with E-state index in [-0.39, 0.29) is 0 Å². The van der Waals surface area contributed by atoms with Crippen LogP contribution in [0.5, 0.6) is 0 Å². The molecule has 3 rings (SSSR count). The number of hydrogen-bond acceptors (Lipinski definition) is 1. The Hall–Kier alpha value is -1.38. The van der Waals surface area contributed by atoms with Gasteiger partial charge in [0.2, 0.25) is 0 Å². The van der Waals surface area contributed by atoms with Crippen LogP contribution < -0.4 is 0 Å². The van der Waals surface area contributed by atoms with E-state index in [0.717, 1.165) is 35.1 Å². The average Bonchev–Trinajstić information content (AvgIpc) is 2.63. The van der Waals surface area contributed by atoms with Gasteiger partial charge in [-0.3, -0.25) is 0 Å². The van der Waals surface area contributed by atoms with Crippen LogP contribution in [0.25, 0.3) is 11.0 Å². The molecule has 0 N–H and O–H groups in total. The van der Waals surface area contributed by atoms with Gasteiger partial charge in [0.05, 0.1) is 0 Å². The van der Waals surface area contributed by atoms with Crippen LogP contribution in [0.1, 0.15) is 35.4 Å². The number of aryl methyl sites for hydroxylation is 3. The molecule has 2 aromatic rings. The maximum Gasteiger partial charge on any atom is 0.140 e. The molecule has 1 aliphatic carbocycles. The largest absolute Gasteiger partial charge is 0.332 e. The molecule has 0 saturated carbocycles. The third-order valence-corrected chi connectivity index (χ3v) is 3.82. The molecule has 1 aliphatic rings. The smallest absolute Gasteiger partial charge is 0.140 e. The first kappa shape index (κ1) is 10.8. The predicted octanol–water partition coefficient (Wildman–Crippen LogP) is 3.23. The Bertz CT molecular complexity index is 584. The third kappa shape index (κ3) is 1.48. The van der Waals surface area contributed by atoms with Crippen LogP contribution >= 0.6 is 0 Å². The molecular weight excluding hydrogens is 215 g/mol. The van der Waals surface area contributed by atoms with Gasteiger partial charge in [-0.2, -0.15) is 0 Å². The lowest BCUT2D eigenvalue weighted by molar-refractivity contribution is 0.487. The number of alkyl halides is 1. The normalized spacial score (nSPS) is 15.2. The van der Waals surface area contributed by atoms with Gasteiger partial charge in [-0.15, -0.1) is 0 Å².